The van der Waals surface area contributed by atoms with Crippen LogP contribution in [0.15, 0.2) is 54.6 Å². The Morgan fingerprint density at radius 3 is 2.32 bits per heavy atom. The first-order valence-corrected chi connectivity index (χ1v) is 12.1. The number of ether oxygens (including phenoxy) is 2. The highest BCUT2D eigenvalue weighted by Gasteiger charge is 2.57. The van der Waals surface area contributed by atoms with E-state index in [1.54, 1.807) is 19.1 Å². The van der Waals surface area contributed by atoms with Crippen LogP contribution in [0.2, 0.25) is 0 Å². The lowest BCUT2D eigenvalue weighted by Crippen LogP contribution is -2.57. The average Bonchev–Trinajstić information content (AvgIpc) is 3.06. The standard InChI is InChI=1S/C27H35N3O4/c1-33-20-19-30-26(32)29(16-8-12-23-11-6-7-13-24(23)34-2)25(31)27(30)14-17-28(18-15-27)21-22-9-4-3-5-10-22/h3-7,9-11,13H,8,12,14-21H2,1-2H3. The van der Waals surface area contributed by atoms with Crippen LogP contribution < -0.4 is 4.74 Å². The summed E-state index contributed by atoms with van der Waals surface area (Å²) in [5, 5.41) is 0. The Morgan fingerprint density at radius 2 is 1.62 bits per heavy atom. The maximum Gasteiger partial charge on any atom is 0.327 e. The van der Waals surface area contributed by atoms with E-state index in [9.17, 15) is 9.59 Å². The normalized spacial score (nSPS) is 18.2. The van der Waals surface area contributed by atoms with Crippen LogP contribution in [0.4, 0.5) is 4.79 Å². The molecule has 0 aliphatic carbocycles. The number of carbonyl (C=O) groups excluding carboxylic acids is 2. The number of piperidine rings is 1. The van der Waals surface area contributed by atoms with Gasteiger partial charge in [0, 0.05) is 39.8 Å². The van der Waals surface area contributed by atoms with Gasteiger partial charge in [-0.15, -0.1) is 0 Å². The maximum atomic E-state index is 13.7. The number of urea groups is 1. The monoisotopic (exact) mass is 465 g/mol. The molecule has 2 aliphatic heterocycles. The fourth-order valence-corrected chi connectivity index (χ4v) is 5.22. The number of benzene rings is 2. The van der Waals surface area contributed by atoms with Crippen LogP contribution in [0.3, 0.4) is 0 Å². The summed E-state index contributed by atoms with van der Waals surface area (Å²) in [6.45, 7) is 3.69. The fraction of sp³-hybridized carbons (Fsp3) is 0.481. The Balaban J connectivity index is 1.43. The highest BCUT2D eigenvalue weighted by atomic mass is 16.5. The first-order chi connectivity index (χ1) is 16.6. The van der Waals surface area contributed by atoms with Crippen LogP contribution in [-0.2, 0) is 22.5 Å². The zero-order valence-electron chi connectivity index (χ0n) is 20.2. The topological polar surface area (TPSA) is 62.3 Å². The number of carbonyl (C=O) groups is 2. The second kappa shape index (κ2) is 11.0. The van der Waals surface area contributed by atoms with E-state index in [0.29, 0.717) is 39.0 Å². The van der Waals surface area contributed by atoms with Crippen molar-refractivity contribution < 1.29 is 19.1 Å². The van der Waals surface area contributed by atoms with Gasteiger partial charge in [0.25, 0.3) is 5.91 Å². The molecule has 0 aromatic heterocycles. The number of likely N-dealkylation sites (tertiary alicyclic amines) is 1. The molecule has 0 unspecified atom stereocenters. The van der Waals surface area contributed by atoms with E-state index >= 15 is 0 Å². The second-order valence-electron chi connectivity index (χ2n) is 9.09. The van der Waals surface area contributed by atoms with Gasteiger partial charge in [-0.3, -0.25) is 14.6 Å². The van der Waals surface area contributed by atoms with E-state index in [2.05, 4.69) is 29.2 Å². The molecule has 0 N–H and O–H groups in total. The average molecular weight is 466 g/mol. The Bertz CT molecular complexity index is 973. The fourth-order valence-electron chi connectivity index (χ4n) is 5.22. The summed E-state index contributed by atoms with van der Waals surface area (Å²) in [4.78, 5) is 32.7. The summed E-state index contributed by atoms with van der Waals surface area (Å²) in [7, 11) is 3.29. The highest BCUT2D eigenvalue weighted by Crippen LogP contribution is 2.37. The number of amides is 3. The number of hydrogen-bond donors (Lipinski definition) is 0. The zero-order chi connectivity index (χ0) is 24.0. The van der Waals surface area contributed by atoms with Crippen molar-refractivity contribution in [3.63, 3.8) is 0 Å². The van der Waals surface area contributed by atoms with Crippen molar-refractivity contribution in [3.8, 4) is 5.75 Å². The number of methoxy groups -OCH3 is 2. The molecule has 0 radical (unpaired) electrons. The van der Waals surface area contributed by atoms with Gasteiger partial charge in [0.15, 0.2) is 0 Å². The summed E-state index contributed by atoms with van der Waals surface area (Å²) in [6, 6.07) is 18.1. The number of para-hydroxylation sites is 1. The van der Waals surface area contributed by atoms with Crippen molar-refractivity contribution in [2.24, 2.45) is 0 Å². The van der Waals surface area contributed by atoms with Crippen LogP contribution in [0.5, 0.6) is 5.75 Å². The Morgan fingerprint density at radius 1 is 0.912 bits per heavy atom. The van der Waals surface area contributed by atoms with Gasteiger partial charge in [0.1, 0.15) is 11.3 Å². The van der Waals surface area contributed by atoms with Crippen LogP contribution in [0.25, 0.3) is 0 Å². The molecule has 4 rings (SSSR count). The van der Waals surface area contributed by atoms with E-state index in [0.717, 1.165) is 37.4 Å². The molecule has 2 heterocycles. The molecule has 1 spiro atoms. The van der Waals surface area contributed by atoms with Crippen LogP contribution in [0, 0.1) is 0 Å². The molecule has 2 fully saturated rings. The molecule has 2 aliphatic rings. The maximum absolute atomic E-state index is 13.7. The minimum atomic E-state index is -0.757. The van der Waals surface area contributed by atoms with Gasteiger partial charge in [0.05, 0.1) is 13.7 Å². The van der Waals surface area contributed by atoms with Gasteiger partial charge in [0.2, 0.25) is 0 Å². The summed E-state index contributed by atoms with van der Waals surface area (Å²) >= 11 is 0. The van der Waals surface area contributed by atoms with Gasteiger partial charge in [-0.2, -0.15) is 0 Å². The van der Waals surface area contributed by atoms with Crippen LogP contribution in [0.1, 0.15) is 30.4 Å². The molecule has 2 aromatic carbocycles. The number of hydrogen-bond acceptors (Lipinski definition) is 5. The summed E-state index contributed by atoms with van der Waals surface area (Å²) in [5.41, 5.74) is 1.60. The number of nitrogens with zero attached hydrogens (tertiary/aromatic N) is 3. The summed E-state index contributed by atoms with van der Waals surface area (Å²) in [5.74, 6) is 0.790. The molecule has 0 saturated carbocycles. The Kier molecular flexibility index (Phi) is 7.85. The molecule has 3 amide bonds. The Labute approximate surface area is 202 Å². The molecule has 0 atom stereocenters. The molecule has 182 valence electrons. The third-order valence-electron chi connectivity index (χ3n) is 7.09. The molecular weight excluding hydrogens is 430 g/mol. The van der Waals surface area contributed by atoms with Crippen molar-refractivity contribution in [2.45, 2.75) is 37.8 Å². The highest BCUT2D eigenvalue weighted by molar-refractivity contribution is 6.07. The van der Waals surface area contributed by atoms with Gasteiger partial charge < -0.3 is 14.4 Å². The largest absolute Gasteiger partial charge is 0.496 e. The van der Waals surface area contributed by atoms with E-state index in [1.807, 2.05) is 30.3 Å². The minimum Gasteiger partial charge on any atom is -0.496 e. The van der Waals surface area contributed by atoms with Crippen molar-refractivity contribution in [1.29, 1.82) is 0 Å². The van der Waals surface area contributed by atoms with Crippen LogP contribution >= 0.6 is 0 Å². The minimum absolute atomic E-state index is 0.0482. The molecular formula is C27H35N3O4. The molecule has 34 heavy (non-hydrogen) atoms. The summed E-state index contributed by atoms with van der Waals surface area (Å²) < 4.78 is 10.7. The third-order valence-corrected chi connectivity index (χ3v) is 7.09. The predicted octanol–water partition coefficient (Wildman–Crippen LogP) is 3.57. The van der Waals surface area contributed by atoms with Gasteiger partial charge in [-0.25, -0.2) is 4.79 Å². The first kappa shape index (κ1) is 24.2. The second-order valence-corrected chi connectivity index (χ2v) is 9.09. The van der Waals surface area contributed by atoms with Gasteiger partial charge >= 0.3 is 6.03 Å². The quantitative estimate of drug-likeness (QED) is 0.502. The molecule has 0 bridgehead atoms. The number of imide groups is 1. The Hall–Kier alpha value is -2.90. The van der Waals surface area contributed by atoms with Crippen LogP contribution in [-0.4, -0.2) is 79.2 Å². The summed E-state index contributed by atoms with van der Waals surface area (Å²) in [6.07, 6.45) is 2.75. The zero-order valence-corrected chi connectivity index (χ0v) is 20.2. The molecule has 2 saturated heterocycles. The lowest BCUT2D eigenvalue weighted by Gasteiger charge is -2.42. The SMILES string of the molecule is COCCN1C(=O)N(CCCc2ccccc2OC)C(=O)C12CCN(Cc1ccccc1)CC2. The van der Waals surface area contributed by atoms with Gasteiger partial charge in [-0.05, 0) is 42.9 Å². The van der Waals surface area contributed by atoms with Crippen molar-refractivity contribution in [1.82, 2.24) is 14.7 Å². The smallest absolute Gasteiger partial charge is 0.327 e. The van der Waals surface area contributed by atoms with Gasteiger partial charge in [-0.1, -0.05) is 48.5 Å². The van der Waals surface area contributed by atoms with Crippen molar-refractivity contribution in [3.05, 3.63) is 65.7 Å². The molecule has 7 nitrogen and oxygen atoms in total. The lowest BCUT2D eigenvalue weighted by atomic mass is 9.85. The molecule has 7 heteroatoms. The molecule has 2 aromatic rings. The first-order valence-electron chi connectivity index (χ1n) is 12.1. The van der Waals surface area contributed by atoms with E-state index in [4.69, 9.17) is 9.47 Å². The van der Waals surface area contributed by atoms with E-state index < -0.39 is 5.54 Å². The lowest BCUT2D eigenvalue weighted by molar-refractivity contribution is -0.136. The van der Waals surface area contributed by atoms with Crippen molar-refractivity contribution >= 4 is 11.9 Å². The predicted molar refractivity (Wildman–Crippen MR) is 131 cm³/mol. The third kappa shape index (κ3) is 4.95. The number of rotatable bonds is 10. The van der Waals surface area contributed by atoms with E-state index in [-0.39, 0.29) is 11.9 Å². The van der Waals surface area contributed by atoms with Crippen molar-refractivity contribution in [2.75, 3.05) is 47.0 Å². The number of aryl methyl sites for hydroxylation is 1. The van der Waals surface area contributed by atoms with E-state index in [1.165, 1.54) is 10.5 Å².